The third-order valence-electron chi connectivity index (χ3n) is 3.54. The van der Waals surface area contributed by atoms with E-state index in [4.69, 9.17) is 10.5 Å². The molecule has 0 aromatic carbocycles. The van der Waals surface area contributed by atoms with Gasteiger partial charge < -0.3 is 20.5 Å². The number of nitrogens with zero attached hydrogens (tertiary/aromatic N) is 5. The second-order valence-corrected chi connectivity index (χ2v) is 5.13. The molecule has 3 atom stereocenters. The van der Waals surface area contributed by atoms with E-state index in [1.54, 1.807) is 6.33 Å². The summed E-state index contributed by atoms with van der Waals surface area (Å²) in [6.07, 6.45) is 3.22. The van der Waals surface area contributed by atoms with Crippen LogP contribution in [-0.4, -0.2) is 57.5 Å². The predicted octanol–water partition coefficient (Wildman–Crippen LogP) is -0.501. The quantitative estimate of drug-likeness (QED) is 0.780. The second kappa shape index (κ2) is 4.97. The van der Waals surface area contributed by atoms with Gasteiger partial charge in [-0.2, -0.15) is 0 Å². The maximum absolute atomic E-state index is 9.22. The van der Waals surface area contributed by atoms with E-state index in [0.29, 0.717) is 12.1 Å². The average molecular weight is 278 g/mol. The number of imidazole rings is 1. The molecule has 8 nitrogen and oxygen atoms in total. The molecule has 3 N–H and O–H groups in total. The summed E-state index contributed by atoms with van der Waals surface area (Å²) < 4.78 is 7.60. The summed E-state index contributed by atoms with van der Waals surface area (Å²) in [7, 11) is 3.81. The van der Waals surface area contributed by atoms with Crippen LogP contribution in [0.2, 0.25) is 0 Å². The lowest BCUT2D eigenvalue weighted by molar-refractivity contribution is -0.0233. The molecule has 2 aromatic rings. The summed E-state index contributed by atoms with van der Waals surface area (Å²) in [4.78, 5) is 14.8. The number of hydrogen-bond donors (Lipinski definition) is 2. The number of anilines is 1. The van der Waals surface area contributed by atoms with Crippen molar-refractivity contribution in [1.82, 2.24) is 19.5 Å². The highest BCUT2D eigenvalue weighted by Crippen LogP contribution is 2.30. The SMILES string of the molecule is CN(C)c1ncnc2c1ncn2[C@H]1C[C@H](N)[C@@H](CO)O1. The molecule has 0 spiro atoms. The fourth-order valence-corrected chi connectivity index (χ4v) is 2.48. The van der Waals surface area contributed by atoms with Crippen molar-refractivity contribution in [1.29, 1.82) is 0 Å². The van der Waals surface area contributed by atoms with Crippen LogP contribution in [-0.2, 0) is 4.74 Å². The molecule has 3 heterocycles. The van der Waals surface area contributed by atoms with Gasteiger partial charge in [-0.05, 0) is 0 Å². The first kappa shape index (κ1) is 13.2. The van der Waals surface area contributed by atoms with Crippen molar-refractivity contribution in [3.63, 3.8) is 0 Å². The van der Waals surface area contributed by atoms with Gasteiger partial charge in [0, 0.05) is 26.6 Å². The molecule has 3 rings (SSSR count). The van der Waals surface area contributed by atoms with Crippen LogP contribution in [0.1, 0.15) is 12.6 Å². The zero-order valence-electron chi connectivity index (χ0n) is 11.5. The summed E-state index contributed by atoms with van der Waals surface area (Å²) in [5, 5.41) is 9.22. The average Bonchev–Trinajstić information content (AvgIpc) is 3.01. The molecule has 8 heteroatoms. The molecular weight excluding hydrogens is 260 g/mol. The molecule has 0 amide bonds. The molecule has 108 valence electrons. The van der Waals surface area contributed by atoms with Gasteiger partial charge in [-0.3, -0.25) is 4.57 Å². The lowest BCUT2D eigenvalue weighted by atomic mass is 10.1. The number of fused-ring (bicyclic) bond motifs is 1. The lowest BCUT2D eigenvalue weighted by Crippen LogP contribution is -2.32. The van der Waals surface area contributed by atoms with Gasteiger partial charge in [-0.15, -0.1) is 0 Å². The van der Waals surface area contributed by atoms with Crippen LogP contribution in [0.3, 0.4) is 0 Å². The second-order valence-electron chi connectivity index (χ2n) is 5.13. The van der Waals surface area contributed by atoms with Gasteiger partial charge in [-0.25, -0.2) is 15.0 Å². The number of nitrogens with two attached hydrogens (primary N) is 1. The zero-order valence-corrected chi connectivity index (χ0v) is 11.5. The summed E-state index contributed by atoms with van der Waals surface area (Å²) >= 11 is 0. The first-order chi connectivity index (χ1) is 9.61. The summed E-state index contributed by atoms with van der Waals surface area (Å²) in [5.74, 6) is 0.759. The first-order valence-electron chi connectivity index (χ1n) is 6.48. The van der Waals surface area contributed by atoms with E-state index in [-0.39, 0.29) is 25.0 Å². The number of aromatic nitrogens is 4. The summed E-state index contributed by atoms with van der Waals surface area (Å²) in [6.45, 7) is -0.0811. The van der Waals surface area contributed by atoms with Crippen LogP contribution >= 0.6 is 0 Å². The Hall–Kier alpha value is -1.77. The van der Waals surface area contributed by atoms with Gasteiger partial charge >= 0.3 is 0 Å². The van der Waals surface area contributed by atoms with E-state index in [0.717, 1.165) is 11.3 Å². The molecule has 0 aliphatic carbocycles. The van der Waals surface area contributed by atoms with Crippen molar-refractivity contribution in [2.24, 2.45) is 5.73 Å². The van der Waals surface area contributed by atoms with E-state index < -0.39 is 0 Å². The van der Waals surface area contributed by atoms with E-state index >= 15 is 0 Å². The normalized spacial score (nSPS) is 26.3. The summed E-state index contributed by atoms with van der Waals surface area (Å²) in [5.41, 5.74) is 7.38. The number of rotatable bonds is 3. The molecule has 0 saturated carbocycles. The first-order valence-corrected chi connectivity index (χ1v) is 6.48. The van der Waals surface area contributed by atoms with Crippen LogP contribution in [0.25, 0.3) is 11.2 Å². The van der Waals surface area contributed by atoms with Crippen LogP contribution < -0.4 is 10.6 Å². The van der Waals surface area contributed by atoms with Gasteiger partial charge in [0.1, 0.15) is 12.6 Å². The Morgan fingerprint density at radius 1 is 1.45 bits per heavy atom. The van der Waals surface area contributed by atoms with Crippen molar-refractivity contribution in [3.8, 4) is 0 Å². The molecule has 0 radical (unpaired) electrons. The Kier molecular flexibility index (Phi) is 3.28. The molecule has 0 unspecified atom stereocenters. The van der Waals surface area contributed by atoms with Gasteiger partial charge in [-0.1, -0.05) is 0 Å². The molecule has 1 fully saturated rings. The fourth-order valence-electron chi connectivity index (χ4n) is 2.48. The Bertz CT molecular complexity index is 613. The predicted molar refractivity (Wildman–Crippen MR) is 73.2 cm³/mol. The van der Waals surface area contributed by atoms with E-state index in [1.165, 1.54) is 6.33 Å². The standard InChI is InChI=1S/C12H18N6O2/c1-17(2)11-10-12(15-5-14-11)18(6-16-10)9-3-7(13)8(4-19)20-9/h5-9,19H,3-4,13H2,1-2H3/t7-,8+,9+/m0/s1. The van der Waals surface area contributed by atoms with Gasteiger partial charge in [0.15, 0.2) is 17.0 Å². The Morgan fingerprint density at radius 3 is 2.90 bits per heavy atom. The fraction of sp³-hybridized carbons (Fsp3) is 0.583. The van der Waals surface area contributed by atoms with E-state index in [1.807, 2.05) is 23.6 Å². The van der Waals surface area contributed by atoms with Crippen molar-refractivity contribution in [2.75, 3.05) is 25.6 Å². The number of hydrogen-bond acceptors (Lipinski definition) is 7. The monoisotopic (exact) mass is 278 g/mol. The number of aliphatic hydroxyl groups is 1. The zero-order chi connectivity index (χ0) is 14.3. The molecular formula is C12H18N6O2. The highest BCUT2D eigenvalue weighted by Gasteiger charge is 2.34. The van der Waals surface area contributed by atoms with E-state index in [9.17, 15) is 5.11 Å². The van der Waals surface area contributed by atoms with Crippen LogP contribution in [0.4, 0.5) is 5.82 Å². The third-order valence-corrected chi connectivity index (χ3v) is 3.54. The van der Waals surface area contributed by atoms with Crippen LogP contribution in [0.5, 0.6) is 0 Å². The summed E-state index contributed by atoms with van der Waals surface area (Å²) in [6, 6.07) is -0.183. The number of ether oxygens (including phenoxy) is 1. The molecule has 0 bridgehead atoms. The minimum atomic E-state index is -0.340. The molecule has 2 aromatic heterocycles. The van der Waals surface area contributed by atoms with Gasteiger partial charge in [0.2, 0.25) is 0 Å². The maximum atomic E-state index is 9.22. The Morgan fingerprint density at radius 2 is 2.25 bits per heavy atom. The van der Waals surface area contributed by atoms with Crippen molar-refractivity contribution < 1.29 is 9.84 Å². The highest BCUT2D eigenvalue weighted by molar-refractivity contribution is 5.83. The Balaban J connectivity index is 2.00. The third kappa shape index (κ3) is 2.01. The van der Waals surface area contributed by atoms with Gasteiger partial charge in [0.05, 0.1) is 19.0 Å². The molecule has 20 heavy (non-hydrogen) atoms. The van der Waals surface area contributed by atoms with Crippen molar-refractivity contribution in [3.05, 3.63) is 12.7 Å². The smallest absolute Gasteiger partial charge is 0.167 e. The lowest BCUT2D eigenvalue weighted by Gasteiger charge is -2.14. The molecule has 1 saturated heterocycles. The topological polar surface area (TPSA) is 102 Å². The number of aliphatic hydroxyl groups excluding tert-OH is 1. The maximum Gasteiger partial charge on any atom is 0.167 e. The molecule has 1 aliphatic rings. The van der Waals surface area contributed by atoms with Crippen LogP contribution in [0.15, 0.2) is 12.7 Å². The minimum absolute atomic E-state index is 0.0811. The minimum Gasteiger partial charge on any atom is -0.394 e. The Labute approximate surface area is 116 Å². The molecule has 1 aliphatic heterocycles. The van der Waals surface area contributed by atoms with Crippen molar-refractivity contribution >= 4 is 17.0 Å². The van der Waals surface area contributed by atoms with Gasteiger partial charge in [0.25, 0.3) is 0 Å². The largest absolute Gasteiger partial charge is 0.394 e. The van der Waals surface area contributed by atoms with Crippen molar-refractivity contribution in [2.45, 2.75) is 24.8 Å². The van der Waals surface area contributed by atoms with Crippen LogP contribution in [0, 0.1) is 0 Å². The van der Waals surface area contributed by atoms with E-state index in [2.05, 4.69) is 15.0 Å². The highest BCUT2D eigenvalue weighted by atomic mass is 16.5.